The number of likely N-dealkylation sites (N-methyl/N-ethyl adjacent to an activating group) is 1. The summed E-state index contributed by atoms with van der Waals surface area (Å²) in [6.45, 7) is 17.0. The van der Waals surface area contributed by atoms with Gasteiger partial charge in [0.1, 0.15) is 30.7 Å². The van der Waals surface area contributed by atoms with Crippen LogP contribution in [0.5, 0.6) is 6.01 Å². The maximum Gasteiger partial charge on any atom is 0.410 e. The molecule has 4 heterocycles. The Balaban J connectivity index is 1.36. The number of nitrogens with zero attached hydrogens (tertiary/aromatic N) is 7. The van der Waals surface area contributed by atoms with Gasteiger partial charge in [0, 0.05) is 37.8 Å². The first kappa shape index (κ1) is 31.3. The fourth-order valence-electron chi connectivity index (χ4n) is 5.91. The van der Waals surface area contributed by atoms with Crippen molar-refractivity contribution in [2.24, 2.45) is 0 Å². The second-order valence-electron chi connectivity index (χ2n) is 12.7. The van der Waals surface area contributed by atoms with Crippen molar-refractivity contribution in [2.75, 3.05) is 57.8 Å². The maximum atomic E-state index is 13.0. The summed E-state index contributed by atoms with van der Waals surface area (Å²) in [7, 11) is 2.10. The first-order valence-corrected chi connectivity index (χ1v) is 15.4. The van der Waals surface area contributed by atoms with Crippen molar-refractivity contribution < 1.29 is 23.8 Å². The van der Waals surface area contributed by atoms with Crippen molar-refractivity contribution in [1.82, 2.24) is 24.7 Å². The molecule has 44 heavy (non-hydrogen) atoms. The summed E-state index contributed by atoms with van der Waals surface area (Å²) in [6.07, 6.45) is 1.94. The van der Waals surface area contributed by atoms with Gasteiger partial charge in [-0.1, -0.05) is 30.3 Å². The monoisotopic (exact) mass is 605 g/mol. The van der Waals surface area contributed by atoms with E-state index in [1.54, 1.807) is 9.80 Å². The number of anilines is 1. The number of hydrogen-bond acceptors (Lipinski definition) is 9. The molecule has 0 radical (unpaired) electrons. The molecule has 1 aromatic heterocycles. The molecule has 2 saturated heterocycles. The van der Waals surface area contributed by atoms with Gasteiger partial charge < -0.3 is 33.8 Å². The SMILES string of the molecule is [C-]#[N+]C[C@H]1CN(c2nc(OC[C@H]3CCCN3C)nc3c2CCN(C(=O)OCc2ccccc2)C3)CCN1C(=O)OC(C)(C)C. The molecule has 2 aromatic rings. The molecule has 5 rings (SSSR count). The lowest BCUT2D eigenvalue weighted by atomic mass is 10.0. The van der Waals surface area contributed by atoms with E-state index in [0.717, 1.165) is 42.0 Å². The van der Waals surface area contributed by atoms with E-state index in [1.165, 1.54) is 0 Å². The number of aromatic nitrogens is 2. The van der Waals surface area contributed by atoms with Crippen LogP contribution in [0.3, 0.4) is 0 Å². The number of likely N-dealkylation sites (tertiary alicyclic amines) is 1. The van der Waals surface area contributed by atoms with Crippen molar-refractivity contribution in [2.45, 2.75) is 70.9 Å². The van der Waals surface area contributed by atoms with E-state index in [9.17, 15) is 9.59 Å². The number of hydrogen-bond donors (Lipinski definition) is 0. The summed E-state index contributed by atoms with van der Waals surface area (Å²) in [4.78, 5) is 47.1. The van der Waals surface area contributed by atoms with Crippen molar-refractivity contribution in [1.29, 1.82) is 0 Å². The Morgan fingerprint density at radius 3 is 2.55 bits per heavy atom. The summed E-state index contributed by atoms with van der Waals surface area (Å²) < 4.78 is 17.4. The van der Waals surface area contributed by atoms with Gasteiger partial charge in [-0.05, 0) is 59.2 Å². The van der Waals surface area contributed by atoms with Crippen LogP contribution in [-0.2, 0) is 29.0 Å². The van der Waals surface area contributed by atoms with E-state index in [4.69, 9.17) is 30.8 Å². The van der Waals surface area contributed by atoms with Gasteiger partial charge in [-0.15, -0.1) is 0 Å². The number of amides is 2. The minimum absolute atomic E-state index is 0.154. The molecule has 12 heteroatoms. The highest BCUT2D eigenvalue weighted by Crippen LogP contribution is 2.31. The average Bonchev–Trinajstić information content (AvgIpc) is 3.42. The highest BCUT2D eigenvalue weighted by Gasteiger charge is 2.38. The van der Waals surface area contributed by atoms with Crippen LogP contribution < -0.4 is 9.64 Å². The minimum atomic E-state index is -0.629. The van der Waals surface area contributed by atoms with Crippen LogP contribution in [-0.4, -0.2) is 107 Å². The topological polar surface area (TPSA) is 105 Å². The van der Waals surface area contributed by atoms with Gasteiger partial charge in [-0.2, -0.15) is 9.97 Å². The molecule has 12 nitrogen and oxygen atoms in total. The van der Waals surface area contributed by atoms with Crippen molar-refractivity contribution in [3.05, 3.63) is 58.6 Å². The molecule has 2 atom stereocenters. The van der Waals surface area contributed by atoms with Gasteiger partial charge in [0.15, 0.2) is 0 Å². The molecule has 0 N–H and O–H groups in total. The zero-order valence-electron chi connectivity index (χ0n) is 26.2. The Hall–Kier alpha value is -4.11. The third-order valence-electron chi connectivity index (χ3n) is 8.27. The first-order valence-electron chi connectivity index (χ1n) is 15.4. The first-order chi connectivity index (χ1) is 21.1. The number of rotatable bonds is 7. The van der Waals surface area contributed by atoms with Crippen molar-refractivity contribution >= 4 is 18.0 Å². The summed E-state index contributed by atoms with van der Waals surface area (Å²) >= 11 is 0. The summed E-state index contributed by atoms with van der Waals surface area (Å²) in [6, 6.07) is 9.82. The third kappa shape index (κ3) is 7.69. The van der Waals surface area contributed by atoms with Gasteiger partial charge in [-0.3, -0.25) is 4.90 Å². The second-order valence-corrected chi connectivity index (χ2v) is 12.7. The molecule has 0 bridgehead atoms. The summed E-state index contributed by atoms with van der Waals surface area (Å²) in [5.41, 5.74) is 1.98. The smallest absolute Gasteiger partial charge is 0.410 e. The maximum absolute atomic E-state index is 13.0. The van der Waals surface area contributed by atoms with Crippen LogP contribution in [0.15, 0.2) is 30.3 Å². The zero-order valence-corrected chi connectivity index (χ0v) is 26.2. The standard InChI is InChI=1S/C32H43N7O5/c1-32(2,3)44-31(41)39-17-16-37(19-25(39)18-33-4)28-26-13-15-38(30(40)43-21-23-10-7-6-8-11-23)20-27(26)34-29(35-28)42-22-24-12-9-14-36(24)5/h6-8,10-11,24-25H,9,12-22H2,1-3,5H3/t24-,25+/m1/s1. The van der Waals surface area contributed by atoms with Gasteiger partial charge in [0.05, 0.1) is 12.2 Å². The predicted molar refractivity (Wildman–Crippen MR) is 164 cm³/mol. The molecule has 0 unspecified atom stereocenters. The van der Waals surface area contributed by atoms with E-state index in [1.807, 2.05) is 51.1 Å². The Morgan fingerprint density at radius 1 is 1.05 bits per heavy atom. The molecule has 2 amide bonds. The van der Waals surface area contributed by atoms with E-state index in [0.29, 0.717) is 45.2 Å². The normalized spacial score (nSPS) is 20.6. The average molecular weight is 606 g/mol. The number of carbonyl (C=O) groups is 2. The van der Waals surface area contributed by atoms with Gasteiger partial charge in [0.2, 0.25) is 6.54 Å². The van der Waals surface area contributed by atoms with E-state index >= 15 is 0 Å². The fraction of sp³-hybridized carbons (Fsp3) is 0.594. The number of benzene rings is 1. The molecule has 3 aliphatic heterocycles. The molecule has 0 saturated carbocycles. The Bertz CT molecular complexity index is 1360. The highest BCUT2D eigenvalue weighted by molar-refractivity contribution is 5.70. The lowest BCUT2D eigenvalue weighted by molar-refractivity contribution is 0.0155. The molecule has 3 aliphatic rings. The predicted octanol–water partition coefficient (Wildman–Crippen LogP) is 3.99. The van der Waals surface area contributed by atoms with Crippen molar-refractivity contribution in [3.8, 4) is 6.01 Å². The number of fused-ring (bicyclic) bond motifs is 1. The van der Waals surface area contributed by atoms with Crippen LogP contribution >= 0.6 is 0 Å². The van der Waals surface area contributed by atoms with Crippen LogP contribution in [0.25, 0.3) is 4.85 Å². The van der Waals surface area contributed by atoms with Crippen molar-refractivity contribution in [3.63, 3.8) is 0 Å². The Labute approximate surface area is 259 Å². The van der Waals surface area contributed by atoms with Crippen LogP contribution in [0, 0.1) is 6.57 Å². The molecule has 0 aliphatic carbocycles. The van der Waals surface area contributed by atoms with Gasteiger partial charge in [0.25, 0.3) is 0 Å². The summed E-state index contributed by atoms with van der Waals surface area (Å²) in [5.74, 6) is 0.737. The Morgan fingerprint density at radius 2 is 1.84 bits per heavy atom. The molecule has 236 valence electrons. The third-order valence-corrected chi connectivity index (χ3v) is 8.27. The lowest BCUT2D eigenvalue weighted by Crippen LogP contribution is -2.57. The minimum Gasteiger partial charge on any atom is -0.462 e. The van der Waals surface area contributed by atoms with E-state index in [2.05, 4.69) is 21.7 Å². The highest BCUT2D eigenvalue weighted by atomic mass is 16.6. The van der Waals surface area contributed by atoms with Gasteiger partial charge in [-0.25, -0.2) is 16.2 Å². The quantitative estimate of drug-likeness (QED) is 0.434. The number of ether oxygens (including phenoxy) is 3. The fourth-order valence-corrected chi connectivity index (χ4v) is 5.91. The molecular formula is C32H43N7O5. The van der Waals surface area contributed by atoms with Crippen LogP contribution in [0.2, 0.25) is 0 Å². The summed E-state index contributed by atoms with van der Waals surface area (Å²) in [5, 5.41) is 0. The largest absolute Gasteiger partial charge is 0.462 e. The molecule has 1 aromatic carbocycles. The van der Waals surface area contributed by atoms with Crippen LogP contribution in [0.4, 0.5) is 15.4 Å². The molecule has 2 fully saturated rings. The molecule has 0 spiro atoms. The molecular weight excluding hydrogens is 562 g/mol. The van der Waals surface area contributed by atoms with E-state index in [-0.39, 0.29) is 31.7 Å². The number of piperazine rings is 1. The zero-order chi connectivity index (χ0) is 31.3. The lowest BCUT2D eigenvalue weighted by Gasteiger charge is -2.41. The number of carbonyl (C=O) groups excluding carboxylic acids is 2. The van der Waals surface area contributed by atoms with E-state index < -0.39 is 17.8 Å². The second kappa shape index (κ2) is 13.7. The van der Waals surface area contributed by atoms with Crippen LogP contribution in [0.1, 0.15) is 50.4 Å². The Kier molecular flexibility index (Phi) is 9.74. The van der Waals surface area contributed by atoms with Gasteiger partial charge >= 0.3 is 18.2 Å².